The zero-order chi connectivity index (χ0) is 16.7. The van der Waals surface area contributed by atoms with Gasteiger partial charge in [-0.25, -0.2) is 0 Å². The summed E-state index contributed by atoms with van der Waals surface area (Å²) in [6, 6.07) is 10.8. The zero-order valence-electron chi connectivity index (χ0n) is 12.5. The molecule has 3 aromatic rings. The topological polar surface area (TPSA) is 59.5 Å². The van der Waals surface area contributed by atoms with E-state index in [9.17, 15) is 4.79 Å². The Balaban J connectivity index is 1.58. The van der Waals surface area contributed by atoms with Crippen molar-refractivity contribution in [1.29, 1.82) is 0 Å². The van der Waals surface area contributed by atoms with Crippen LogP contribution in [0.25, 0.3) is 11.3 Å². The summed E-state index contributed by atoms with van der Waals surface area (Å²) in [4.78, 5) is 14.2. The lowest BCUT2D eigenvalue weighted by Gasteiger charge is -2.25. The molecule has 0 fully saturated rings. The van der Waals surface area contributed by atoms with Gasteiger partial charge in [-0.1, -0.05) is 16.8 Å². The van der Waals surface area contributed by atoms with Crippen LogP contribution in [-0.4, -0.2) is 22.5 Å². The van der Waals surface area contributed by atoms with Crippen LogP contribution in [0, 0.1) is 0 Å². The van der Waals surface area contributed by atoms with Crippen molar-refractivity contribution >= 4 is 33.4 Å². The van der Waals surface area contributed by atoms with Gasteiger partial charge in [-0.05, 0) is 58.7 Å². The lowest BCUT2D eigenvalue weighted by atomic mass is 10.0. The van der Waals surface area contributed by atoms with Gasteiger partial charge in [0.25, 0.3) is 5.91 Å². The van der Waals surface area contributed by atoms with E-state index >= 15 is 0 Å². The van der Waals surface area contributed by atoms with E-state index in [2.05, 4.69) is 21.1 Å². The molecule has 0 bridgehead atoms. The molecule has 0 unspecified atom stereocenters. The van der Waals surface area contributed by atoms with Gasteiger partial charge in [0.05, 0.1) is 6.54 Å². The van der Waals surface area contributed by atoms with Gasteiger partial charge in [0.1, 0.15) is 5.69 Å². The van der Waals surface area contributed by atoms with Crippen LogP contribution in [0.4, 0.5) is 0 Å². The lowest BCUT2D eigenvalue weighted by molar-refractivity contribution is 0.0698. The van der Waals surface area contributed by atoms with E-state index in [4.69, 9.17) is 20.5 Å². The number of halogens is 2. The summed E-state index contributed by atoms with van der Waals surface area (Å²) in [6.45, 7) is 0.996. The van der Waals surface area contributed by atoms with E-state index in [0.717, 1.165) is 22.6 Å². The summed E-state index contributed by atoms with van der Waals surface area (Å²) >= 11 is 9.14. The van der Waals surface area contributed by atoms with Gasteiger partial charge in [0.15, 0.2) is 16.2 Å². The normalized spacial score (nSPS) is 13.8. The Morgan fingerprint density at radius 2 is 2.00 bits per heavy atom. The Morgan fingerprint density at radius 3 is 2.71 bits per heavy atom. The fraction of sp³-hybridized carbons (Fsp3) is 0.176. The molecule has 4 rings (SSSR count). The first-order valence-corrected chi connectivity index (χ1v) is 8.57. The molecule has 3 heterocycles. The molecule has 2 aromatic heterocycles. The third kappa shape index (κ3) is 2.76. The molecule has 0 saturated heterocycles. The average molecular weight is 408 g/mol. The number of hydrogen-bond acceptors (Lipinski definition) is 4. The minimum absolute atomic E-state index is 0.151. The van der Waals surface area contributed by atoms with Crippen molar-refractivity contribution in [1.82, 2.24) is 10.1 Å². The fourth-order valence-corrected chi connectivity index (χ4v) is 3.25. The second-order valence-corrected chi connectivity index (χ2v) is 6.74. The molecule has 1 amide bonds. The Hall–Kier alpha value is -2.05. The van der Waals surface area contributed by atoms with Crippen molar-refractivity contribution in [2.24, 2.45) is 0 Å². The van der Waals surface area contributed by atoms with Crippen LogP contribution in [0.3, 0.4) is 0 Å². The van der Waals surface area contributed by atoms with Crippen LogP contribution < -0.4 is 0 Å². The van der Waals surface area contributed by atoms with Gasteiger partial charge in [-0.2, -0.15) is 0 Å². The molecule has 0 saturated carbocycles. The highest BCUT2D eigenvalue weighted by molar-refractivity contribution is 9.10. The molecule has 1 aliphatic rings. The summed E-state index contributed by atoms with van der Waals surface area (Å²) < 4.78 is 11.4. The third-order valence-corrected chi connectivity index (χ3v) is 4.70. The summed E-state index contributed by atoms with van der Waals surface area (Å²) in [7, 11) is 0. The van der Waals surface area contributed by atoms with Crippen molar-refractivity contribution in [3.05, 3.63) is 63.1 Å². The van der Waals surface area contributed by atoms with E-state index < -0.39 is 0 Å². The van der Waals surface area contributed by atoms with Crippen molar-refractivity contribution in [3.8, 4) is 11.3 Å². The molecular weight excluding hydrogens is 396 g/mol. The number of rotatable bonds is 2. The number of amides is 1. The Morgan fingerprint density at radius 1 is 1.21 bits per heavy atom. The SMILES string of the molecule is O=C(c1ccc(Br)o1)N1CCc2c(noc2-c2ccc(Cl)cc2)C1. The van der Waals surface area contributed by atoms with E-state index in [-0.39, 0.29) is 5.91 Å². The molecule has 24 heavy (non-hydrogen) atoms. The van der Waals surface area contributed by atoms with Crippen molar-refractivity contribution in [3.63, 3.8) is 0 Å². The molecule has 0 aliphatic carbocycles. The summed E-state index contributed by atoms with van der Waals surface area (Å²) in [6.07, 6.45) is 0.685. The number of furan rings is 1. The summed E-state index contributed by atoms with van der Waals surface area (Å²) in [5.41, 5.74) is 2.76. The predicted molar refractivity (Wildman–Crippen MR) is 91.8 cm³/mol. The minimum Gasteiger partial charge on any atom is -0.444 e. The van der Waals surface area contributed by atoms with Gasteiger partial charge < -0.3 is 13.8 Å². The number of carbonyl (C=O) groups excluding carboxylic acids is 1. The molecule has 1 aliphatic heterocycles. The number of hydrogen-bond donors (Lipinski definition) is 0. The molecular formula is C17H12BrClN2O3. The summed E-state index contributed by atoms with van der Waals surface area (Å²) in [5.74, 6) is 0.906. The van der Waals surface area contributed by atoms with E-state index in [1.54, 1.807) is 17.0 Å². The molecule has 7 heteroatoms. The maximum Gasteiger partial charge on any atom is 0.289 e. The van der Waals surface area contributed by atoms with Crippen LogP contribution >= 0.6 is 27.5 Å². The molecule has 5 nitrogen and oxygen atoms in total. The Labute approximate surface area is 151 Å². The van der Waals surface area contributed by atoms with Gasteiger partial charge >= 0.3 is 0 Å². The molecule has 0 N–H and O–H groups in total. The first kappa shape index (κ1) is 15.5. The quantitative estimate of drug-likeness (QED) is 0.625. The van der Waals surface area contributed by atoms with Crippen molar-refractivity contribution in [2.75, 3.05) is 6.54 Å². The van der Waals surface area contributed by atoms with Crippen LogP contribution in [0.2, 0.25) is 5.02 Å². The molecule has 1 aromatic carbocycles. The highest BCUT2D eigenvalue weighted by atomic mass is 79.9. The highest BCUT2D eigenvalue weighted by Crippen LogP contribution is 2.31. The molecule has 0 spiro atoms. The highest BCUT2D eigenvalue weighted by Gasteiger charge is 2.28. The zero-order valence-corrected chi connectivity index (χ0v) is 14.8. The fourth-order valence-electron chi connectivity index (χ4n) is 2.82. The second-order valence-electron chi connectivity index (χ2n) is 5.52. The summed E-state index contributed by atoms with van der Waals surface area (Å²) in [5, 5.41) is 4.82. The van der Waals surface area contributed by atoms with Crippen molar-refractivity contribution in [2.45, 2.75) is 13.0 Å². The first-order valence-electron chi connectivity index (χ1n) is 7.40. The minimum atomic E-state index is -0.151. The van der Waals surface area contributed by atoms with E-state index in [0.29, 0.717) is 35.0 Å². The predicted octanol–water partition coefficient (Wildman–Crippen LogP) is 4.55. The van der Waals surface area contributed by atoms with Gasteiger partial charge in [-0.3, -0.25) is 4.79 Å². The molecule has 0 atom stereocenters. The smallest absolute Gasteiger partial charge is 0.289 e. The monoisotopic (exact) mass is 406 g/mol. The first-order chi connectivity index (χ1) is 11.6. The molecule has 0 radical (unpaired) electrons. The number of benzene rings is 1. The average Bonchev–Trinajstić information content (AvgIpc) is 3.20. The van der Waals surface area contributed by atoms with Gasteiger partial charge in [0.2, 0.25) is 0 Å². The lowest BCUT2D eigenvalue weighted by Crippen LogP contribution is -2.35. The van der Waals surface area contributed by atoms with E-state index in [1.165, 1.54) is 0 Å². The van der Waals surface area contributed by atoms with E-state index in [1.807, 2.05) is 24.3 Å². The van der Waals surface area contributed by atoms with Crippen molar-refractivity contribution < 1.29 is 13.7 Å². The van der Waals surface area contributed by atoms with Gasteiger partial charge in [-0.15, -0.1) is 0 Å². The number of aromatic nitrogens is 1. The number of carbonyl (C=O) groups is 1. The van der Waals surface area contributed by atoms with Crippen LogP contribution in [0.5, 0.6) is 0 Å². The van der Waals surface area contributed by atoms with Crippen LogP contribution in [0.15, 0.2) is 50.0 Å². The second kappa shape index (κ2) is 6.11. The molecule has 122 valence electrons. The van der Waals surface area contributed by atoms with Crippen LogP contribution in [0.1, 0.15) is 21.8 Å². The Kier molecular flexibility index (Phi) is 3.94. The third-order valence-electron chi connectivity index (χ3n) is 4.02. The maximum atomic E-state index is 12.5. The standard InChI is InChI=1S/C17H12BrClN2O3/c18-15-6-5-14(23-15)17(22)21-8-7-12-13(9-21)20-24-16(12)10-1-3-11(19)4-2-10/h1-6H,7-9H2. The Bertz CT molecular complexity index is 901. The number of nitrogens with zero attached hydrogens (tertiary/aromatic N) is 2. The number of fused-ring (bicyclic) bond motifs is 1. The largest absolute Gasteiger partial charge is 0.444 e. The van der Waals surface area contributed by atoms with Crippen LogP contribution in [-0.2, 0) is 13.0 Å². The van der Waals surface area contributed by atoms with Gasteiger partial charge in [0, 0.05) is 22.7 Å². The maximum absolute atomic E-state index is 12.5.